The zero-order valence-electron chi connectivity index (χ0n) is 12.9. The van der Waals surface area contributed by atoms with Gasteiger partial charge < -0.3 is 10.7 Å². The first-order valence-electron chi connectivity index (χ1n) is 7.21. The summed E-state index contributed by atoms with van der Waals surface area (Å²) in [5.41, 5.74) is 5.18. The third-order valence-electron chi connectivity index (χ3n) is 3.34. The Kier molecular flexibility index (Phi) is 5.26. The van der Waals surface area contributed by atoms with Gasteiger partial charge in [-0.25, -0.2) is 0 Å². The van der Waals surface area contributed by atoms with E-state index in [4.69, 9.17) is 0 Å². The van der Waals surface area contributed by atoms with Gasteiger partial charge in [-0.05, 0) is 47.9 Å². The average molecular weight is 321 g/mol. The molecule has 0 radical (unpaired) electrons. The Hall–Kier alpha value is -2.50. The van der Waals surface area contributed by atoms with Crippen molar-refractivity contribution in [1.29, 1.82) is 0 Å². The normalized spacial score (nSPS) is 11.7. The lowest BCUT2D eigenvalue weighted by Gasteiger charge is -2.12. The van der Waals surface area contributed by atoms with Gasteiger partial charge in [0.05, 0.1) is 11.8 Å². The molecular formula is C17H18F3N3. The van der Waals surface area contributed by atoms with Gasteiger partial charge in [0.15, 0.2) is 0 Å². The van der Waals surface area contributed by atoms with Gasteiger partial charge in [0.2, 0.25) is 0 Å². The number of hydrogen-bond donors (Lipinski definition) is 2. The number of aryl methyl sites for hydroxylation is 1. The lowest BCUT2D eigenvalue weighted by atomic mass is 10.0. The zero-order chi connectivity index (χ0) is 16.9. The molecule has 6 heteroatoms. The standard InChI is InChI=1S/C17H18F3N3/c1-3-12-9-16(8-7-13(12)11-22-21-2)23-15-6-4-5-14(10-15)17(18,19)20/h4-11,21,23H,3H2,1-2H3/b22-11+. The highest BCUT2D eigenvalue weighted by Crippen LogP contribution is 2.31. The maximum absolute atomic E-state index is 12.7. The number of nitrogens with one attached hydrogen (secondary N) is 2. The van der Waals surface area contributed by atoms with Crippen LogP contribution >= 0.6 is 0 Å². The molecule has 0 aliphatic heterocycles. The van der Waals surface area contributed by atoms with E-state index in [1.807, 2.05) is 25.1 Å². The van der Waals surface area contributed by atoms with Gasteiger partial charge >= 0.3 is 6.18 Å². The molecule has 0 atom stereocenters. The lowest BCUT2D eigenvalue weighted by molar-refractivity contribution is -0.137. The average Bonchev–Trinajstić information content (AvgIpc) is 2.53. The van der Waals surface area contributed by atoms with E-state index in [1.54, 1.807) is 19.3 Å². The number of hydrogen-bond acceptors (Lipinski definition) is 3. The summed E-state index contributed by atoms with van der Waals surface area (Å²) in [5.74, 6) is 0. The summed E-state index contributed by atoms with van der Waals surface area (Å²) < 4.78 is 38.2. The number of benzene rings is 2. The fraction of sp³-hybridized carbons (Fsp3) is 0.235. The Bertz CT molecular complexity index is 694. The molecule has 2 aromatic rings. The van der Waals surface area contributed by atoms with Gasteiger partial charge in [0.25, 0.3) is 0 Å². The number of anilines is 2. The molecule has 0 aliphatic rings. The molecular weight excluding hydrogens is 303 g/mol. The number of rotatable bonds is 5. The SMILES string of the molecule is CCc1cc(Nc2cccc(C(F)(F)F)c2)ccc1/C=N/NC. The van der Waals surface area contributed by atoms with Crippen molar-refractivity contribution in [2.45, 2.75) is 19.5 Å². The van der Waals surface area contributed by atoms with E-state index in [2.05, 4.69) is 15.8 Å². The molecule has 2 N–H and O–H groups in total. The molecule has 0 fully saturated rings. The minimum atomic E-state index is -4.35. The quantitative estimate of drug-likeness (QED) is 0.625. The fourth-order valence-corrected chi connectivity index (χ4v) is 2.19. The first kappa shape index (κ1) is 16.9. The van der Waals surface area contributed by atoms with Crippen LogP contribution in [0.25, 0.3) is 0 Å². The van der Waals surface area contributed by atoms with E-state index in [0.29, 0.717) is 5.69 Å². The number of nitrogens with zero attached hydrogens (tertiary/aromatic N) is 1. The molecule has 3 nitrogen and oxygen atoms in total. The van der Waals surface area contributed by atoms with E-state index in [1.165, 1.54) is 6.07 Å². The van der Waals surface area contributed by atoms with Gasteiger partial charge in [-0.3, -0.25) is 0 Å². The highest BCUT2D eigenvalue weighted by Gasteiger charge is 2.30. The molecule has 0 aromatic heterocycles. The van der Waals surface area contributed by atoms with Gasteiger partial charge in [0, 0.05) is 18.4 Å². The third-order valence-corrected chi connectivity index (χ3v) is 3.34. The van der Waals surface area contributed by atoms with Gasteiger partial charge in [-0.1, -0.05) is 19.1 Å². The molecule has 0 aliphatic carbocycles. The molecule has 0 saturated carbocycles. The van der Waals surface area contributed by atoms with Gasteiger partial charge in [0.1, 0.15) is 0 Å². The van der Waals surface area contributed by atoms with Crippen molar-refractivity contribution in [2.24, 2.45) is 5.10 Å². The highest BCUT2D eigenvalue weighted by atomic mass is 19.4. The molecule has 0 heterocycles. The molecule has 0 bridgehead atoms. The summed E-state index contributed by atoms with van der Waals surface area (Å²) in [6, 6.07) is 10.8. The van der Waals surface area contributed by atoms with Crippen LogP contribution in [0.1, 0.15) is 23.6 Å². The van der Waals surface area contributed by atoms with Crippen molar-refractivity contribution in [3.8, 4) is 0 Å². The fourth-order valence-electron chi connectivity index (χ4n) is 2.19. The van der Waals surface area contributed by atoms with Crippen LogP contribution in [0, 0.1) is 0 Å². The van der Waals surface area contributed by atoms with Crippen LogP contribution in [0.4, 0.5) is 24.5 Å². The van der Waals surface area contributed by atoms with Crippen molar-refractivity contribution in [3.63, 3.8) is 0 Å². The third kappa shape index (κ3) is 4.48. The molecule has 0 spiro atoms. The van der Waals surface area contributed by atoms with Crippen LogP contribution in [0.2, 0.25) is 0 Å². The van der Waals surface area contributed by atoms with E-state index in [0.717, 1.165) is 35.4 Å². The molecule has 122 valence electrons. The maximum atomic E-state index is 12.7. The molecule has 23 heavy (non-hydrogen) atoms. The van der Waals surface area contributed by atoms with Gasteiger partial charge in [-0.15, -0.1) is 0 Å². The molecule has 0 saturated heterocycles. The van der Waals surface area contributed by atoms with Crippen molar-refractivity contribution >= 4 is 17.6 Å². The van der Waals surface area contributed by atoms with Crippen LogP contribution in [-0.2, 0) is 12.6 Å². The molecule has 0 amide bonds. The minimum Gasteiger partial charge on any atom is -0.356 e. The summed E-state index contributed by atoms with van der Waals surface area (Å²) in [7, 11) is 1.71. The number of halogens is 3. The topological polar surface area (TPSA) is 36.4 Å². The Morgan fingerprint density at radius 1 is 1.09 bits per heavy atom. The molecule has 2 aromatic carbocycles. The summed E-state index contributed by atoms with van der Waals surface area (Å²) >= 11 is 0. The van der Waals surface area contributed by atoms with Crippen molar-refractivity contribution in [3.05, 3.63) is 59.2 Å². The second-order valence-corrected chi connectivity index (χ2v) is 4.95. The summed E-state index contributed by atoms with van der Waals surface area (Å²) in [5, 5.41) is 7.00. The second-order valence-electron chi connectivity index (χ2n) is 4.95. The predicted octanol–water partition coefficient (Wildman–Crippen LogP) is 4.56. The molecule has 0 unspecified atom stereocenters. The Morgan fingerprint density at radius 2 is 1.83 bits per heavy atom. The largest absolute Gasteiger partial charge is 0.416 e. The van der Waals surface area contributed by atoms with Crippen LogP contribution < -0.4 is 10.7 Å². The predicted molar refractivity (Wildman–Crippen MR) is 87.2 cm³/mol. The van der Waals surface area contributed by atoms with Gasteiger partial charge in [-0.2, -0.15) is 18.3 Å². The summed E-state index contributed by atoms with van der Waals surface area (Å²) in [4.78, 5) is 0. The number of hydrazone groups is 1. The maximum Gasteiger partial charge on any atom is 0.416 e. The number of alkyl halides is 3. The van der Waals surface area contributed by atoms with Crippen LogP contribution in [0.3, 0.4) is 0 Å². The lowest BCUT2D eigenvalue weighted by Crippen LogP contribution is -2.05. The van der Waals surface area contributed by atoms with Crippen LogP contribution in [0.15, 0.2) is 47.6 Å². The second kappa shape index (κ2) is 7.17. The van der Waals surface area contributed by atoms with Crippen molar-refractivity contribution in [1.82, 2.24) is 5.43 Å². The zero-order valence-corrected chi connectivity index (χ0v) is 12.9. The summed E-state index contributed by atoms with van der Waals surface area (Å²) in [6.45, 7) is 2.01. The van der Waals surface area contributed by atoms with E-state index in [-0.39, 0.29) is 0 Å². The van der Waals surface area contributed by atoms with E-state index >= 15 is 0 Å². The first-order valence-corrected chi connectivity index (χ1v) is 7.21. The first-order chi connectivity index (χ1) is 10.9. The summed E-state index contributed by atoms with van der Waals surface area (Å²) in [6.07, 6.45) is -1.84. The molecule has 2 rings (SSSR count). The van der Waals surface area contributed by atoms with Crippen molar-refractivity contribution < 1.29 is 13.2 Å². The Morgan fingerprint density at radius 3 is 2.48 bits per heavy atom. The van der Waals surface area contributed by atoms with E-state index < -0.39 is 11.7 Å². The monoisotopic (exact) mass is 321 g/mol. The highest BCUT2D eigenvalue weighted by molar-refractivity contribution is 5.83. The Labute approximate surface area is 133 Å². The smallest absolute Gasteiger partial charge is 0.356 e. The van der Waals surface area contributed by atoms with Crippen LogP contribution in [-0.4, -0.2) is 13.3 Å². The minimum absolute atomic E-state index is 0.401. The van der Waals surface area contributed by atoms with Crippen LogP contribution in [0.5, 0.6) is 0 Å². The van der Waals surface area contributed by atoms with E-state index in [9.17, 15) is 13.2 Å². The Balaban J connectivity index is 2.25. The van der Waals surface area contributed by atoms with Crippen molar-refractivity contribution in [2.75, 3.05) is 12.4 Å².